The number of carbonyl (C=O) groups excluding carboxylic acids is 1. The molecule has 0 bridgehead atoms. The molecular weight excluding hydrogens is 385 g/mol. The van der Waals surface area contributed by atoms with Gasteiger partial charge in [-0.15, -0.1) is 0 Å². The summed E-state index contributed by atoms with van der Waals surface area (Å²) in [5, 5.41) is 11.6. The zero-order valence-electron chi connectivity index (χ0n) is 15.9. The van der Waals surface area contributed by atoms with E-state index in [1.807, 2.05) is 12.1 Å². The maximum absolute atomic E-state index is 13.5. The molecule has 0 unspecified atom stereocenters. The van der Waals surface area contributed by atoms with Crippen molar-refractivity contribution in [1.82, 2.24) is 19.7 Å². The van der Waals surface area contributed by atoms with Gasteiger partial charge in [0.2, 0.25) is 5.91 Å². The third kappa shape index (κ3) is 3.10. The van der Waals surface area contributed by atoms with Gasteiger partial charge in [-0.05, 0) is 36.2 Å². The highest BCUT2D eigenvalue weighted by atomic mass is 19.1. The van der Waals surface area contributed by atoms with E-state index in [-0.39, 0.29) is 5.82 Å². The molecule has 0 radical (unpaired) electrons. The van der Waals surface area contributed by atoms with Crippen LogP contribution in [0.25, 0.3) is 16.9 Å². The quantitative estimate of drug-likeness (QED) is 0.472. The summed E-state index contributed by atoms with van der Waals surface area (Å²) in [5.41, 5.74) is 8.34. The third-order valence-electron chi connectivity index (χ3n) is 5.08. The molecule has 0 saturated heterocycles. The fourth-order valence-corrected chi connectivity index (χ4v) is 3.66. The number of fused-ring (bicyclic) bond motifs is 2. The van der Waals surface area contributed by atoms with Crippen LogP contribution >= 0.6 is 0 Å². The summed E-state index contributed by atoms with van der Waals surface area (Å²) in [4.78, 5) is 21.0. The molecule has 0 atom stereocenters. The third-order valence-corrected chi connectivity index (χ3v) is 5.08. The van der Waals surface area contributed by atoms with Crippen LogP contribution in [0.4, 0.5) is 16.0 Å². The molecule has 0 aliphatic carbocycles. The zero-order chi connectivity index (χ0) is 20.7. The largest absolute Gasteiger partial charge is 0.369 e. The Morgan fingerprint density at radius 1 is 1.23 bits per heavy atom. The monoisotopic (exact) mass is 403 g/mol. The van der Waals surface area contributed by atoms with Gasteiger partial charge in [0.1, 0.15) is 17.5 Å². The minimum atomic E-state index is -0.519. The second-order valence-corrected chi connectivity index (χ2v) is 7.02. The van der Waals surface area contributed by atoms with Crippen LogP contribution in [-0.2, 0) is 13.0 Å². The number of benzene rings is 2. The lowest BCUT2D eigenvalue weighted by Gasteiger charge is -2.12. The molecule has 8 nitrogen and oxygen atoms in total. The topological polar surface area (TPSA) is 111 Å². The van der Waals surface area contributed by atoms with Gasteiger partial charge in [-0.25, -0.2) is 4.39 Å². The van der Waals surface area contributed by atoms with Gasteiger partial charge in [0.15, 0.2) is 0 Å². The molecule has 2 aromatic carbocycles. The predicted octanol–water partition coefficient (Wildman–Crippen LogP) is 2.63. The number of nitrogens with one attached hydrogen (secondary N) is 2. The first-order chi connectivity index (χ1) is 14.6. The van der Waals surface area contributed by atoms with Crippen molar-refractivity contribution in [2.45, 2.75) is 13.0 Å². The highest BCUT2D eigenvalue weighted by Gasteiger charge is 2.21. The van der Waals surface area contributed by atoms with E-state index in [1.54, 1.807) is 29.1 Å². The van der Waals surface area contributed by atoms with E-state index in [1.165, 1.54) is 12.1 Å². The molecule has 0 saturated carbocycles. The number of primary amides is 1. The molecular formula is C21H18FN7O. The fraction of sp³-hybridized carbons (Fsp3) is 0.143. The lowest BCUT2D eigenvalue weighted by atomic mass is 10.1. The number of carbonyl (C=O) groups is 1. The molecule has 0 fully saturated rings. The van der Waals surface area contributed by atoms with Gasteiger partial charge in [-0.2, -0.15) is 19.7 Å². The Labute approximate surface area is 170 Å². The Morgan fingerprint density at radius 2 is 2.10 bits per heavy atom. The summed E-state index contributed by atoms with van der Waals surface area (Å²) in [6.45, 7) is 1.18. The van der Waals surface area contributed by atoms with Crippen molar-refractivity contribution < 1.29 is 9.18 Å². The lowest BCUT2D eigenvalue weighted by molar-refractivity contribution is 0.100. The normalized spacial score (nSPS) is 12.6. The summed E-state index contributed by atoms with van der Waals surface area (Å²) >= 11 is 0. The van der Waals surface area contributed by atoms with Gasteiger partial charge in [0, 0.05) is 24.0 Å². The Balaban J connectivity index is 1.56. The Kier molecular flexibility index (Phi) is 4.27. The molecule has 2 aromatic heterocycles. The Morgan fingerprint density at radius 3 is 2.93 bits per heavy atom. The van der Waals surface area contributed by atoms with E-state index in [4.69, 9.17) is 5.73 Å². The molecule has 9 heteroatoms. The van der Waals surface area contributed by atoms with E-state index in [0.29, 0.717) is 34.8 Å². The minimum absolute atomic E-state index is 0.280. The number of rotatable bonds is 5. The number of anilines is 2. The van der Waals surface area contributed by atoms with Crippen molar-refractivity contribution in [2.75, 3.05) is 17.2 Å². The van der Waals surface area contributed by atoms with Crippen LogP contribution < -0.4 is 16.4 Å². The number of halogens is 1. The van der Waals surface area contributed by atoms with Crippen molar-refractivity contribution in [3.8, 4) is 5.95 Å². The number of nitrogens with zero attached hydrogens (tertiary/aromatic N) is 4. The molecule has 1 aliphatic heterocycles. The van der Waals surface area contributed by atoms with Gasteiger partial charge in [-0.1, -0.05) is 18.2 Å². The van der Waals surface area contributed by atoms with E-state index in [9.17, 15) is 9.18 Å². The van der Waals surface area contributed by atoms with Crippen LogP contribution in [0.15, 0.2) is 48.7 Å². The van der Waals surface area contributed by atoms with Gasteiger partial charge < -0.3 is 16.4 Å². The van der Waals surface area contributed by atoms with Gasteiger partial charge in [0.05, 0.1) is 17.3 Å². The maximum atomic E-state index is 13.5. The highest BCUT2D eigenvalue weighted by Crippen LogP contribution is 2.29. The molecule has 4 N–H and O–H groups in total. The average molecular weight is 403 g/mol. The fourth-order valence-electron chi connectivity index (χ4n) is 3.66. The minimum Gasteiger partial charge on any atom is -0.369 e. The molecule has 1 amide bonds. The van der Waals surface area contributed by atoms with Gasteiger partial charge in [-0.3, -0.25) is 4.79 Å². The first-order valence-electron chi connectivity index (χ1n) is 9.50. The Bertz CT molecular complexity index is 1280. The number of hydrogen-bond donors (Lipinski definition) is 3. The van der Waals surface area contributed by atoms with Crippen LogP contribution in [0.2, 0.25) is 0 Å². The van der Waals surface area contributed by atoms with Crippen molar-refractivity contribution in [3.63, 3.8) is 0 Å². The number of nitrogens with two attached hydrogens (primary N) is 1. The zero-order valence-corrected chi connectivity index (χ0v) is 15.9. The van der Waals surface area contributed by atoms with Crippen LogP contribution in [0.5, 0.6) is 0 Å². The van der Waals surface area contributed by atoms with Gasteiger partial charge in [0.25, 0.3) is 5.95 Å². The SMILES string of the molecule is NC(=O)c1cccc2c1cnn2-c1nc2c(c(NCc3cccc(F)c3)n1)CCN2. The molecule has 3 heterocycles. The highest BCUT2D eigenvalue weighted by molar-refractivity contribution is 6.05. The van der Waals surface area contributed by atoms with E-state index in [2.05, 4.69) is 25.7 Å². The molecule has 4 aromatic rings. The van der Waals surface area contributed by atoms with Crippen LogP contribution in [-0.4, -0.2) is 32.2 Å². The summed E-state index contributed by atoms with van der Waals surface area (Å²) in [6.07, 6.45) is 2.37. The van der Waals surface area contributed by atoms with E-state index >= 15 is 0 Å². The van der Waals surface area contributed by atoms with Crippen LogP contribution in [0, 0.1) is 5.82 Å². The molecule has 30 heavy (non-hydrogen) atoms. The maximum Gasteiger partial charge on any atom is 0.255 e. The standard InChI is InChI=1S/C21H18FN7O/c22-13-4-1-3-12(9-13)10-25-20-15-7-8-24-19(15)27-21(28-20)29-17-6-2-5-14(18(23)30)16(17)11-26-29/h1-6,9,11H,7-8,10H2,(H2,23,30)(H2,24,25,27,28). The smallest absolute Gasteiger partial charge is 0.255 e. The predicted molar refractivity (Wildman–Crippen MR) is 111 cm³/mol. The second kappa shape index (κ2) is 7.11. The second-order valence-electron chi connectivity index (χ2n) is 7.02. The van der Waals surface area contributed by atoms with Crippen molar-refractivity contribution in [2.24, 2.45) is 5.73 Å². The van der Waals surface area contributed by atoms with Crippen molar-refractivity contribution >= 4 is 28.4 Å². The average Bonchev–Trinajstić information content (AvgIpc) is 3.38. The summed E-state index contributed by atoms with van der Waals surface area (Å²) in [7, 11) is 0. The summed E-state index contributed by atoms with van der Waals surface area (Å²) in [6, 6.07) is 11.7. The van der Waals surface area contributed by atoms with E-state index in [0.717, 1.165) is 29.9 Å². The van der Waals surface area contributed by atoms with Crippen LogP contribution in [0.3, 0.4) is 0 Å². The van der Waals surface area contributed by atoms with Crippen LogP contribution in [0.1, 0.15) is 21.5 Å². The van der Waals surface area contributed by atoms with E-state index < -0.39 is 5.91 Å². The molecule has 150 valence electrons. The lowest BCUT2D eigenvalue weighted by Crippen LogP contribution is -2.12. The van der Waals surface area contributed by atoms with Crippen molar-refractivity contribution in [3.05, 3.63) is 71.2 Å². The molecule has 5 rings (SSSR count). The molecule has 1 aliphatic rings. The summed E-state index contributed by atoms with van der Waals surface area (Å²) in [5.74, 6) is 0.962. The Hall–Kier alpha value is -4.01. The number of hydrogen-bond acceptors (Lipinski definition) is 6. The number of amides is 1. The number of aromatic nitrogens is 4. The first kappa shape index (κ1) is 18.0. The summed E-state index contributed by atoms with van der Waals surface area (Å²) < 4.78 is 15.1. The molecule has 0 spiro atoms. The first-order valence-corrected chi connectivity index (χ1v) is 9.50. The van der Waals surface area contributed by atoms with Crippen molar-refractivity contribution in [1.29, 1.82) is 0 Å². The van der Waals surface area contributed by atoms with Gasteiger partial charge >= 0.3 is 0 Å².